The highest BCUT2D eigenvalue weighted by atomic mass is 32.2. The smallest absolute Gasteiger partial charge is 0.407 e. The second-order valence-electron chi connectivity index (χ2n) is 7.08. The average molecular weight is 487 g/mol. The van der Waals surface area contributed by atoms with Gasteiger partial charge in [0.2, 0.25) is 0 Å². The van der Waals surface area contributed by atoms with Crippen LogP contribution in [-0.4, -0.2) is 54.0 Å². The highest BCUT2D eigenvalue weighted by Crippen LogP contribution is 2.32. The first kappa shape index (κ1) is 24.9. The number of carbonyl (C=O) groups excluding carboxylic acids is 2. The van der Waals surface area contributed by atoms with E-state index in [1.54, 1.807) is 42.6 Å². The molecule has 4 N–H and O–H groups in total. The summed E-state index contributed by atoms with van der Waals surface area (Å²) in [5.41, 5.74) is 2.55. The number of thioether (sulfide) groups is 1. The van der Waals surface area contributed by atoms with Crippen LogP contribution in [0.15, 0.2) is 59.5 Å². The number of ether oxygens (including phenoxy) is 2. The van der Waals surface area contributed by atoms with Gasteiger partial charge in [0.1, 0.15) is 11.9 Å². The van der Waals surface area contributed by atoms with Crippen molar-refractivity contribution in [3.63, 3.8) is 0 Å². The number of alkyl carbamates (subject to hydrolysis) is 1. The number of oxazole rings is 1. The van der Waals surface area contributed by atoms with Crippen LogP contribution in [0.2, 0.25) is 0 Å². The van der Waals surface area contributed by atoms with Crippen molar-refractivity contribution in [2.45, 2.75) is 12.6 Å². The third kappa shape index (κ3) is 7.15. The summed E-state index contributed by atoms with van der Waals surface area (Å²) in [4.78, 5) is 28.3. The predicted octanol–water partition coefficient (Wildman–Crippen LogP) is 3.94. The summed E-state index contributed by atoms with van der Waals surface area (Å²) in [6.45, 7) is -0.0366. The molecule has 0 aliphatic heterocycles. The van der Waals surface area contributed by atoms with Crippen LogP contribution in [0, 0.1) is 0 Å². The van der Waals surface area contributed by atoms with E-state index in [9.17, 15) is 14.7 Å². The lowest BCUT2D eigenvalue weighted by Gasteiger charge is -2.15. The normalized spacial score (nSPS) is 11.4. The topological polar surface area (TPSA) is 135 Å². The molecule has 11 heteroatoms. The number of hydrogen-bond donors (Lipinski definition) is 4. The first-order valence-corrected chi connectivity index (χ1v) is 11.7. The number of rotatable bonds is 10. The first-order chi connectivity index (χ1) is 16.5. The average Bonchev–Trinajstić information content (AvgIpc) is 3.37. The van der Waals surface area contributed by atoms with Crippen molar-refractivity contribution < 1.29 is 28.6 Å². The van der Waals surface area contributed by atoms with Gasteiger partial charge in [0.15, 0.2) is 12.2 Å². The van der Waals surface area contributed by atoms with E-state index in [1.807, 2.05) is 12.3 Å². The zero-order chi connectivity index (χ0) is 24.3. The SMILES string of the molecule is COc1cc(NC(=O)Nc2cccc(CNC(=O)O[C@@H](CO)CSC)c2)ccc1-c1cnco1. The summed E-state index contributed by atoms with van der Waals surface area (Å²) >= 11 is 1.48. The lowest BCUT2D eigenvalue weighted by atomic mass is 10.1. The Balaban J connectivity index is 1.55. The van der Waals surface area contributed by atoms with E-state index in [2.05, 4.69) is 20.9 Å². The van der Waals surface area contributed by atoms with Crippen molar-refractivity contribution in [2.75, 3.05) is 36.4 Å². The monoisotopic (exact) mass is 486 g/mol. The minimum atomic E-state index is -0.619. The largest absolute Gasteiger partial charge is 0.496 e. The molecule has 2 aromatic carbocycles. The fourth-order valence-electron chi connectivity index (χ4n) is 3.05. The van der Waals surface area contributed by atoms with E-state index in [0.717, 1.165) is 5.56 Å². The number of urea groups is 1. The van der Waals surface area contributed by atoms with Crippen LogP contribution in [-0.2, 0) is 11.3 Å². The Morgan fingerprint density at radius 1 is 1.18 bits per heavy atom. The maximum Gasteiger partial charge on any atom is 0.407 e. The van der Waals surface area contributed by atoms with E-state index in [1.165, 1.54) is 25.3 Å². The van der Waals surface area contributed by atoms with E-state index in [-0.39, 0.29) is 13.2 Å². The van der Waals surface area contributed by atoms with Gasteiger partial charge in [0.25, 0.3) is 0 Å². The van der Waals surface area contributed by atoms with Crippen LogP contribution < -0.4 is 20.7 Å². The molecule has 10 nitrogen and oxygen atoms in total. The van der Waals surface area contributed by atoms with Gasteiger partial charge in [-0.05, 0) is 36.1 Å². The van der Waals surface area contributed by atoms with Gasteiger partial charge < -0.3 is 34.9 Å². The molecule has 3 aromatic rings. The Labute approximate surface area is 201 Å². The lowest BCUT2D eigenvalue weighted by molar-refractivity contribution is 0.0703. The summed E-state index contributed by atoms with van der Waals surface area (Å²) < 4.78 is 15.9. The molecule has 1 heterocycles. The van der Waals surface area contributed by atoms with Gasteiger partial charge in [-0.2, -0.15) is 11.8 Å². The Morgan fingerprint density at radius 3 is 2.65 bits per heavy atom. The van der Waals surface area contributed by atoms with Crippen molar-refractivity contribution in [1.29, 1.82) is 0 Å². The number of hydrogen-bond acceptors (Lipinski definition) is 8. The third-order valence-corrected chi connectivity index (χ3v) is 5.31. The molecule has 0 unspecified atom stereocenters. The molecule has 3 amide bonds. The zero-order valence-corrected chi connectivity index (χ0v) is 19.6. The van der Waals surface area contributed by atoms with E-state index < -0.39 is 18.2 Å². The molecular formula is C23H26N4O6S. The molecule has 0 spiro atoms. The van der Waals surface area contributed by atoms with Gasteiger partial charge in [-0.25, -0.2) is 14.6 Å². The van der Waals surface area contributed by atoms with Gasteiger partial charge in [0.05, 0.1) is 25.5 Å². The van der Waals surface area contributed by atoms with Crippen molar-refractivity contribution in [2.24, 2.45) is 0 Å². The quantitative estimate of drug-likeness (QED) is 0.338. The van der Waals surface area contributed by atoms with Crippen molar-refractivity contribution in [3.05, 3.63) is 60.6 Å². The minimum Gasteiger partial charge on any atom is -0.496 e. The van der Waals surface area contributed by atoms with Crippen LogP contribution in [0.25, 0.3) is 11.3 Å². The molecule has 0 fully saturated rings. The van der Waals surface area contributed by atoms with Gasteiger partial charge in [-0.3, -0.25) is 0 Å². The molecule has 0 saturated heterocycles. The Hall–Kier alpha value is -3.70. The van der Waals surface area contributed by atoms with Gasteiger partial charge >= 0.3 is 12.1 Å². The molecule has 0 bridgehead atoms. The Bertz CT molecular complexity index is 1090. The standard InChI is InChI=1S/C23H26N4O6S/c1-31-20-9-17(6-7-19(20)21-11-24-14-32-21)27-22(29)26-16-5-3-4-15(8-16)10-25-23(30)33-18(12-28)13-34-2/h3-9,11,14,18,28H,10,12-13H2,1-2H3,(H,25,30)(H2,26,27,29)/t18-/m0/s1. The number of anilines is 2. The van der Waals surface area contributed by atoms with Crippen LogP contribution in [0.4, 0.5) is 21.0 Å². The molecular weight excluding hydrogens is 460 g/mol. The molecule has 0 aliphatic carbocycles. The van der Waals surface area contributed by atoms with Crippen LogP contribution in [0.1, 0.15) is 5.56 Å². The fourth-order valence-corrected chi connectivity index (χ4v) is 3.60. The van der Waals surface area contributed by atoms with Crippen LogP contribution >= 0.6 is 11.8 Å². The highest BCUT2D eigenvalue weighted by Gasteiger charge is 2.13. The van der Waals surface area contributed by atoms with E-state index in [4.69, 9.17) is 13.9 Å². The number of aromatic nitrogens is 1. The zero-order valence-electron chi connectivity index (χ0n) is 18.7. The molecule has 1 aromatic heterocycles. The molecule has 3 rings (SSSR count). The third-order valence-electron chi connectivity index (χ3n) is 4.61. The molecule has 0 saturated carbocycles. The predicted molar refractivity (Wildman–Crippen MR) is 130 cm³/mol. The molecule has 180 valence electrons. The van der Waals surface area contributed by atoms with Gasteiger partial charge in [-0.15, -0.1) is 0 Å². The Morgan fingerprint density at radius 2 is 1.97 bits per heavy atom. The van der Waals surface area contributed by atoms with Crippen molar-refractivity contribution >= 4 is 35.3 Å². The summed E-state index contributed by atoms with van der Waals surface area (Å²) in [6, 6.07) is 11.8. The van der Waals surface area contributed by atoms with E-state index in [0.29, 0.717) is 34.2 Å². The second kappa shape index (κ2) is 12.5. The number of methoxy groups -OCH3 is 1. The summed E-state index contributed by atoms with van der Waals surface area (Å²) in [6.07, 6.45) is 3.59. The number of amides is 3. The Kier molecular flexibility index (Phi) is 9.18. The minimum absolute atomic E-state index is 0.202. The fraction of sp³-hybridized carbons (Fsp3) is 0.261. The number of aliphatic hydroxyl groups is 1. The van der Waals surface area contributed by atoms with E-state index >= 15 is 0 Å². The number of aliphatic hydroxyl groups excluding tert-OH is 1. The molecule has 0 aliphatic rings. The van der Waals surface area contributed by atoms with Gasteiger partial charge in [-0.1, -0.05) is 12.1 Å². The van der Waals surface area contributed by atoms with Crippen molar-refractivity contribution in [3.8, 4) is 17.1 Å². The maximum atomic E-state index is 12.5. The second-order valence-corrected chi connectivity index (χ2v) is 7.99. The lowest BCUT2D eigenvalue weighted by Crippen LogP contribution is -2.31. The number of benzene rings is 2. The number of nitrogens with zero attached hydrogens (tertiary/aromatic N) is 1. The van der Waals surface area contributed by atoms with Crippen LogP contribution in [0.3, 0.4) is 0 Å². The molecule has 0 radical (unpaired) electrons. The van der Waals surface area contributed by atoms with Gasteiger partial charge in [0, 0.05) is 29.7 Å². The molecule has 1 atom stereocenters. The van der Waals surface area contributed by atoms with Crippen molar-refractivity contribution in [1.82, 2.24) is 10.3 Å². The summed E-state index contributed by atoms with van der Waals surface area (Å²) in [5.74, 6) is 1.58. The summed E-state index contributed by atoms with van der Waals surface area (Å²) in [5, 5.41) is 17.4. The number of carbonyl (C=O) groups is 2. The first-order valence-electron chi connectivity index (χ1n) is 10.3. The van der Waals surface area contributed by atoms with Crippen LogP contribution in [0.5, 0.6) is 5.75 Å². The highest BCUT2D eigenvalue weighted by molar-refractivity contribution is 7.98. The molecule has 34 heavy (non-hydrogen) atoms. The summed E-state index contributed by atoms with van der Waals surface area (Å²) in [7, 11) is 1.53. The maximum absolute atomic E-state index is 12.5. The number of nitrogens with one attached hydrogen (secondary N) is 3.